The van der Waals surface area contributed by atoms with E-state index in [9.17, 15) is 38.4 Å². The van der Waals surface area contributed by atoms with Crippen molar-refractivity contribution in [3.8, 4) is 23.0 Å². The molecule has 4 N–H and O–H groups in total. The number of esters is 7. The number of benzene rings is 4. The quantitative estimate of drug-likeness (QED) is 0.0105. The molecule has 0 aliphatic heterocycles. The molecule has 0 fully saturated rings. The molecule has 4 aromatic rings. The lowest BCUT2D eigenvalue weighted by atomic mass is 10.1. The minimum atomic E-state index is -0.682. The van der Waals surface area contributed by atoms with Crippen molar-refractivity contribution in [1.82, 2.24) is 0 Å². The van der Waals surface area contributed by atoms with Crippen LogP contribution in [-0.4, -0.2) is 143 Å². The SMILES string of the molecule is C=CC(=O)OCC(C)O.C=CC(=O)OCC(C)OC(=O)CCCCCCBr.C=CC(=O)OCC(C)OC(=O)CCCCCCOc1ccc2cc(OCCCCCCC(=O)OC(C)COC(=O)C=C)ccc2c1.O=C(O)CCCCCCBr.Oc1ccc2cc(O)ccc2c1. The number of carbonyl (C=O) groups excluding carboxylic acids is 7. The average Bonchev–Trinajstić information content (AvgIpc) is 0.878. The molecule has 21 nitrogen and oxygen atoms in total. The van der Waals surface area contributed by atoms with Gasteiger partial charge < -0.3 is 63.1 Å². The van der Waals surface area contributed by atoms with Gasteiger partial charge in [0.1, 0.15) is 67.7 Å². The van der Waals surface area contributed by atoms with E-state index in [1.807, 2.05) is 36.4 Å². The van der Waals surface area contributed by atoms with E-state index in [2.05, 4.69) is 62.9 Å². The Bertz CT molecular complexity index is 2750. The zero-order valence-electron chi connectivity index (χ0n) is 55.7. The van der Waals surface area contributed by atoms with Gasteiger partial charge in [-0.1, -0.05) is 134 Å². The second kappa shape index (κ2) is 56.6. The number of aliphatic hydroxyl groups excluding tert-OH is 1. The van der Waals surface area contributed by atoms with E-state index in [1.165, 1.54) is 6.92 Å². The molecule has 0 radical (unpaired) electrons. The van der Waals surface area contributed by atoms with Crippen LogP contribution in [0, 0.1) is 0 Å². The van der Waals surface area contributed by atoms with Crippen molar-refractivity contribution >= 4 is 101 Å². The maximum absolute atomic E-state index is 11.9. The van der Waals surface area contributed by atoms with Crippen LogP contribution in [0.2, 0.25) is 0 Å². The van der Waals surface area contributed by atoms with Crippen LogP contribution in [0.4, 0.5) is 0 Å². The standard InChI is InChI=1S/C36H48O10.C13H21BrO4.C10H8O2.C7H13BrO2.C6H10O3/c1-5-33(37)43-25-27(3)45-35(39)15-11-7-9-13-21-41-31-19-17-30-24-32(20-18-29(30)23-31)42-22-14-10-8-12-16-36(40)46-28(4)26-44-34(38)6-2;1-3-12(15)17-10-11(2)18-13(16)8-6-4-5-7-9-14;11-9-3-1-7-5-10(12)4-2-8(7)6-9;8-6-4-2-1-3-5-7(9)10;1-3-6(8)9-4-5(2)7/h5-6,17-20,23-24,27-28H,1-2,7-16,21-22,25-26H2,3-4H3;3,11H,1,4-10H2,2H3;1-6,11-12H;1-6H2,(H,9,10);3,5,7H,1,4H2,2H3. The van der Waals surface area contributed by atoms with Crippen molar-refractivity contribution in [1.29, 1.82) is 0 Å². The number of unbranched alkanes of at least 4 members (excludes halogenated alkanes) is 12. The summed E-state index contributed by atoms with van der Waals surface area (Å²) in [4.78, 5) is 88.4. The molecule has 23 heteroatoms. The Morgan fingerprint density at radius 2 is 0.684 bits per heavy atom. The normalized spacial score (nSPS) is 11.5. The number of alkyl halides is 2. The van der Waals surface area contributed by atoms with Crippen molar-refractivity contribution in [3.63, 3.8) is 0 Å². The Hall–Kier alpha value is -7.76. The number of aromatic hydroxyl groups is 2. The summed E-state index contributed by atoms with van der Waals surface area (Å²) in [6.07, 6.45) is 18.8. The summed E-state index contributed by atoms with van der Waals surface area (Å²) in [6, 6.07) is 22.0. The first kappa shape index (κ1) is 87.2. The van der Waals surface area contributed by atoms with E-state index in [0.29, 0.717) is 38.9 Å². The molecule has 4 atom stereocenters. The summed E-state index contributed by atoms with van der Waals surface area (Å²) in [5.74, 6) is -1.50. The van der Waals surface area contributed by atoms with Gasteiger partial charge in [0, 0.05) is 60.6 Å². The van der Waals surface area contributed by atoms with Crippen molar-refractivity contribution < 1.29 is 101 Å². The van der Waals surface area contributed by atoms with Crippen LogP contribution in [-0.2, 0) is 71.5 Å². The first-order chi connectivity index (χ1) is 45.5. The molecule has 0 aliphatic carbocycles. The van der Waals surface area contributed by atoms with E-state index in [0.717, 1.165) is 171 Å². The van der Waals surface area contributed by atoms with Gasteiger partial charge in [-0.15, -0.1) is 0 Å². The van der Waals surface area contributed by atoms with Gasteiger partial charge in [-0.05, 0) is 149 Å². The predicted molar refractivity (Wildman–Crippen MR) is 373 cm³/mol. The number of fused-ring (bicyclic) bond motifs is 2. The number of hydrogen-bond acceptors (Lipinski definition) is 20. The van der Waals surface area contributed by atoms with Crippen LogP contribution in [0.25, 0.3) is 21.5 Å². The molecule has 95 heavy (non-hydrogen) atoms. The van der Waals surface area contributed by atoms with E-state index in [4.69, 9.17) is 58.3 Å². The van der Waals surface area contributed by atoms with Gasteiger partial charge in [0.25, 0.3) is 0 Å². The fraction of sp³-hybridized carbons (Fsp3) is 0.500. The fourth-order valence-electron chi connectivity index (χ4n) is 7.86. The third-order valence-electron chi connectivity index (χ3n) is 12.7. The number of aliphatic carboxylic acids is 1. The van der Waals surface area contributed by atoms with Crippen LogP contribution in [0.1, 0.15) is 156 Å². The first-order valence-corrected chi connectivity index (χ1v) is 34.2. The maximum atomic E-state index is 11.9. The largest absolute Gasteiger partial charge is 0.508 e. The molecule has 0 heterocycles. The molecular formula is C72H100Br2O21. The number of halogens is 2. The Balaban J connectivity index is 0.00000144. The third-order valence-corrected chi connectivity index (χ3v) is 13.9. The van der Waals surface area contributed by atoms with Crippen LogP contribution in [0.15, 0.2) is 123 Å². The number of ether oxygens (including phenoxy) is 9. The lowest BCUT2D eigenvalue weighted by Gasteiger charge is -2.13. The lowest BCUT2D eigenvalue weighted by molar-refractivity contribution is -0.156. The minimum absolute atomic E-state index is 0.0173. The molecule has 0 saturated heterocycles. The molecule has 4 unspecified atom stereocenters. The smallest absolute Gasteiger partial charge is 0.330 e. The Labute approximate surface area is 576 Å². The van der Waals surface area contributed by atoms with Crippen molar-refractivity contribution in [2.75, 3.05) is 50.3 Å². The zero-order valence-corrected chi connectivity index (χ0v) is 58.8. The highest BCUT2D eigenvalue weighted by molar-refractivity contribution is 9.09. The molecule has 0 amide bonds. The van der Waals surface area contributed by atoms with Crippen molar-refractivity contribution in [3.05, 3.63) is 123 Å². The zero-order chi connectivity index (χ0) is 71.0. The highest BCUT2D eigenvalue weighted by atomic mass is 79.9. The summed E-state index contributed by atoms with van der Waals surface area (Å²) in [5.41, 5.74) is 0. The average molecular weight is 1460 g/mol. The van der Waals surface area contributed by atoms with Gasteiger partial charge in [0.2, 0.25) is 0 Å². The van der Waals surface area contributed by atoms with E-state index in [-0.39, 0.29) is 55.8 Å². The topological polar surface area (TPSA) is 301 Å². The summed E-state index contributed by atoms with van der Waals surface area (Å²) < 4.78 is 46.4. The van der Waals surface area contributed by atoms with Crippen LogP contribution >= 0.6 is 31.9 Å². The van der Waals surface area contributed by atoms with Gasteiger partial charge in [0.05, 0.1) is 19.3 Å². The van der Waals surface area contributed by atoms with Gasteiger partial charge >= 0.3 is 47.8 Å². The number of hydrogen-bond donors (Lipinski definition) is 4. The van der Waals surface area contributed by atoms with Crippen LogP contribution < -0.4 is 9.47 Å². The summed E-state index contributed by atoms with van der Waals surface area (Å²) in [7, 11) is 0. The number of phenols is 2. The highest BCUT2D eigenvalue weighted by Crippen LogP contribution is 2.26. The molecule has 4 aromatic carbocycles. The van der Waals surface area contributed by atoms with Gasteiger partial charge in [-0.2, -0.15) is 0 Å². The van der Waals surface area contributed by atoms with Gasteiger partial charge in [-0.3, -0.25) is 19.2 Å². The Morgan fingerprint density at radius 1 is 0.400 bits per heavy atom. The van der Waals surface area contributed by atoms with Crippen LogP contribution in [0.5, 0.6) is 23.0 Å². The molecule has 0 aromatic heterocycles. The molecule has 0 spiro atoms. The predicted octanol–water partition coefficient (Wildman–Crippen LogP) is 14.6. The third kappa shape index (κ3) is 50.4. The Morgan fingerprint density at radius 3 is 0.989 bits per heavy atom. The first-order valence-electron chi connectivity index (χ1n) is 32.0. The van der Waals surface area contributed by atoms with Gasteiger partial charge in [0.15, 0.2) is 0 Å². The summed E-state index contributed by atoms with van der Waals surface area (Å²) in [6.45, 7) is 21.0. The monoisotopic (exact) mass is 1460 g/mol. The fourth-order valence-corrected chi connectivity index (χ4v) is 8.66. The van der Waals surface area contributed by atoms with Crippen molar-refractivity contribution in [2.45, 2.75) is 181 Å². The number of carbonyl (C=O) groups is 8. The summed E-state index contributed by atoms with van der Waals surface area (Å²) >= 11 is 6.67. The van der Waals surface area contributed by atoms with E-state index < -0.39 is 54.3 Å². The molecule has 4 rings (SSSR count). The van der Waals surface area contributed by atoms with Gasteiger partial charge in [-0.25, -0.2) is 19.2 Å². The van der Waals surface area contributed by atoms with Crippen LogP contribution in [0.3, 0.4) is 0 Å². The number of rotatable bonds is 43. The lowest BCUT2D eigenvalue weighted by Crippen LogP contribution is -2.21. The number of carboxylic acid groups (broad SMARTS) is 1. The molecular weight excluding hydrogens is 1360 g/mol. The van der Waals surface area contributed by atoms with E-state index in [1.54, 1.807) is 57.2 Å². The van der Waals surface area contributed by atoms with E-state index >= 15 is 0 Å². The number of carboxylic acids is 1. The molecule has 0 saturated carbocycles. The van der Waals surface area contributed by atoms with Crippen molar-refractivity contribution in [2.24, 2.45) is 0 Å². The summed E-state index contributed by atoms with van der Waals surface area (Å²) in [5, 5.41) is 41.1. The second-order valence-corrected chi connectivity index (χ2v) is 23.2. The number of phenolic OH excluding ortho intramolecular Hbond substituents is 2. The minimum Gasteiger partial charge on any atom is -0.508 e. The molecule has 528 valence electrons. The highest BCUT2D eigenvalue weighted by Gasteiger charge is 2.14. The maximum Gasteiger partial charge on any atom is 0.330 e. The molecule has 0 bridgehead atoms. The second-order valence-electron chi connectivity index (χ2n) is 21.6. The number of aliphatic hydroxyl groups is 1. The molecule has 0 aliphatic rings. The Kier molecular flexibility index (Phi) is 52.0.